The summed E-state index contributed by atoms with van der Waals surface area (Å²) < 4.78 is 39.7. The Bertz CT molecular complexity index is 4590. The molecule has 3 amide bonds. The van der Waals surface area contributed by atoms with Crippen LogP contribution in [0, 0.1) is 27.9 Å². The quantitative estimate of drug-likeness (QED) is 0.0168. The molecule has 0 spiro atoms. The molecule has 1 aliphatic carbocycles. The molecule has 542 valence electrons. The van der Waals surface area contributed by atoms with Gasteiger partial charge in [-0.2, -0.15) is 0 Å². The molecule has 102 heavy (non-hydrogen) atoms. The topological polar surface area (TPSA) is 291 Å². The molecule has 0 unspecified atom stereocenters. The second kappa shape index (κ2) is 31.3. The van der Waals surface area contributed by atoms with Crippen LogP contribution in [-0.2, 0) is 37.9 Å². The van der Waals surface area contributed by atoms with Crippen LogP contribution in [-0.4, -0.2) is 203 Å². The van der Waals surface area contributed by atoms with E-state index in [9.17, 15) is 42.8 Å². The van der Waals surface area contributed by atoms with Gasteiger partial charge < -0.3 is 40.6 Å². The fourth-order valence-electron chi connectivity index (χ4n) is 14.4. The summed E-state index contributed by atoms with van der Waals surface area (Å²) >= 11 is 7.88. The highest BCUT2D eigenvalue weighted by molar-refractivity contribution is 7.90. The van der Waals surface area contributed by atoms with Gasteiger partial charge in [-0.25, -0.2) is 32.5 Å². The molecule has 7 heterocycles. The minimum Gasteiger partial charge on any atom is -0.391 e. The number of nitro benzene ring substituents is 1. The van der Waals surface area contributed by atoms with E-state index in [0.29, 0.717) is 75.1 Å². The third kappa shape index (κ3) is 17.0. The molecular formula is C74H92ClN15O10S2. The standard InChI is InChI=1S/C74H92ClN15O10S2/c1-48-66(101-47-80-48)51-11-9-49(10-12-51)44-79-70(93)64-41-56(91)46-88(64)72(95)67(73(2,3)4)77-24-8-37-100-38-36-85-30-28-84(29-31-85)27-26-76-60-20-18-57(42-62(60)90(96)97)102(98,99)82-69(92)58-19-17-55(40-61(58)89-63-39-52-22-25-78-68(52)81-65(63)71(94)83(89)7)87-34-32-86(33-35-87)45-53-21-23-74(5,6)43-59(53)50-13-15-54(75)16-14-50/h9-20,22,25,39-40,42,47,56,64,67,76-77,91H,8,21,23-24,26-38,41,43-46H2,1-7H3,(H,78,81)(H,79,93)(H,82,92)/t56-,64+,67-/m1/s1. The van der Waals surface area contributed by atoms with Crippen LogP contribution >= 0.6 is 22.9 Å². The molecule has 6 N–H and O–H groups in total. The number of aryl methyl sites for hydroxylation is 1. The SMILES string of the molecule is Cc1ncsc1-c1ccc(CNC(=O)[C@@H]2C[C@@H](O)CN2C(=O)[C@@H](NCCCOCCN2CCN(CCNc3ccc(S(=O)(=O)NC(=O)c4ccc(N5CCN(CC6=C(c7ccc(Cl)cc7)CC(C)(C)CC6)CC5)cc4-n4c5cc6cc[nH]c6nc5c(=O)n4C)cc3[N+](=O)[O-])CC2)C(C)(C)C)cc1. The van der Waals surface area contributed by atoms with E-state index in [1.807, 2.05) is 75.7 Å². The molecule has 28 heteroatoms. The lowest BCUT2D eigenvalue weighted by atomic mass is 9.72. The molecule has 0 saturated carbocycles. The third-order valence-corrected chi connectivity index (χ3v) is 22.8. The number of β-amino-alcohol motifs (C(OH)–C–C–N with tert-alkyl or cyclic N) is 1. The number of benzene rings is 4. The first-order chi connectivity index (χ1) is 48.8. The average molecular weight is 1450 g/mol. The van der Waals surface area contributed by atoms with Gasteiger partial charge in [-0.3, -0.25) is 44.0 Å². The Morgan fingerprint density at radius 1 is 0.892 bits per heavy atom. The van der Waals surface area contributed by atoms with Crippen LogP contribution in [0.4, 0.5) is 17.1 Å². The van der Waals surface area contributed by atoms with Crippen molar-refractivity contribution in [3.63, 3.8) is 0 Å². The number of carbonyl (C=O) groups excluding carboxylic acids is 3. The van der Waals surface area contributed by atoms with E-state index in [0.717, 1.165) is 110 Å². The van der Waals surface area contributed by atoms with Crippen molar-refractivity contribution in [2.75, 3.05) is 115 Å². The minimum absolute atomic E-state index is 0.0636. The predicted octanol–water partition coefficient (Wildman–Crippen LogP) is 8.82. The number of fused-ring (bicyclic) bond motifs is 2. The van der Waals surface area contributed by atoms with Gasteiger partial charge in [0.2, 0.25) is 11.8 Å². The van der Waals surface area contributed by atoms with Crippen LogP contribution in [0.5, 0.6) is 0 Å². The van der Waals surface area contributed by atoms with E-state index in [2.05, 4.69) is 81.2 Å². The van der Waals surface area contributed by atoms with Gasteiger partial charge in [-0.1, -0.05) is 88.2 Å². The zero-order chi connectivity index (χ0) is 72.2. The highest BCUT2D eigenvalue weighted by Gasteiger charge is 2.44. The number of aliphatic hydroxyl groups is 1. The van der Waals surface area contributed by atoms with E-state index >= 15 is 0 Å². The molecule has 3 fully saturated rings. The van der Waals surface area contributed by atoms with Crippen LogP contribution in [0.15, 0.2) is 124 Å². The summed E-state index contributed by atoms with van der Waals surface area (Å²) in [6, 6.07) is 26.9. The number of nitrogens with zero attached hydrogens (tertiary/aromatic N) is 10. The summed E-state index contributed by atoms with van der Waals surface area (Å²) in [5.41, 5.74) is 9.67. The van der Waals surface area contributed by atoms with Crippen molar-refractivity contribution < 1.29 is 37.6 Å². The van der Waals surface area contributed by atoms with Crippen molar-refractivity contribution in [3.8, 4) is 16.1 Å². The van der Waals surface area contributed by atoms with Crippen LogP contribution < -0.4 is 31.1 Å². The van der Waals surface area contributed by atoms with Crippen LogP contribution in [0.1, 0.15) is 93.9 Å². The van der Waals surface area contributed by atoms with Crippen LogP contribution in [0.2, 0.25) is 5.02 Å². The van der Waals surface area contributed by atoms with Gasteiger partial charge in [0.05, 0.1) is 61.4 Å². The molecular weight excluding hydrogens is 1360 g/mol. The predicted molar refractivity (Wildman–Crippen MR) is 399 cm³/mol. The highest BCUT2D eigenvalue weighted by atomic mass is 35.5. The van der Waals surface area contributed by atoms with E-state index in [4.69, 9.17) is 16.3 Å². The number of rotatable bonds is 26. The molecule has 12 rings (SSSR count). The summed E-state index contributed by atoms with van der Waals surface area (Å²) in [6.45, 7) is 22.8. The summed E-state index contributed by atoms with van der Waals surface area (Å²) in [5.74, 6) is -1.54. The number of pyridine rings is 1. The molecule has 0 bridgehead atoms. The van der Waals surface area contributed by atoms with Crippen LogP contribution in [0.3, 0.4) is 0 Å². The Kier molecular flexibility index (Phi) is 22.5. The van der Waals surface area contributed by atoms with Crippen LogP contribution in [0.25, 0.3) is 43.8 Å². The number of hydrogen-bond acceptors (Lipinski definition) is 19. The number of anilines is 2. The van der Waals surface area contributed by atoms with E-state index < -0.39 is 60.6 Å². The number of ether oxygens (including phenoxy) is 1. The van der Waals surface area contributed by atoms with E-state index in [1.54, 1.807) is 53.5 Å². The number of nitrogens with one attached hydrogen (secondary N) is 5. The van der Waals surface area contributed by atoms with E-state index in [1.165, 1.54) is 38.4 Å². The van der Waals surface area contributed by atoms with Gasteiger partial charge in [0, 0.05) is 140 Å². The van der Waals surface area contributed by atoms with Gasteiger partial charge in [-0.05, 0) is 127 Å². The summed E-state index contributed by atoms with van der Waals surface area (Å²) in [4.78, 5) is 91.7. The monoisotopic (exact) mass is 1450 g/mol. The Labute approximate surface area is 603 Å². The highest BCUT2D eigenvalue weighted by Crippen LogP contribution is 2.44. The summed E-state index contributed by atoms with van der Waals surface area (Å²) in [7, 11) is -3.16. The number of amides is 3. The largest absolute Gasteiger partial charge is 0.391 e. The van der Waals surface area contributed by atoms with Gasteiger partial charge in [0.15, 0.2) is 5.52 Å². The number of aromatic amines is 1. The fourth-order valence-corrected chi connectivity index (χ4v) is 16.3. The lowest BCUT2D eigenvalue weighted by Crippen LogP contribution is -2.56. The second-order valence-corrected chi connectivity index (χ2v) is 32.1. The maximum atomic E-state index is 14.6. The Balaban J connectivity index is 0.612. The molecule has 3 aliphatic heterocycles. The molecule has 25 nitrogen and oxygen atoms in total. The second-order valence-electron chi connectivity index (χ2n) is 29.1. The molecule has 4 aliphatic rings. The zero-order valence-electron chi connectivity index (χ0n) is 59.0. The fraction of sp³-hybridized carbons (Fsp3) is 0.459. The molecule has 3 atom stereocenters. The number of halogens is 1. The number of H-pyrrole nitrogens is 1. The van der Waals surface area contributed by atoms with Crippen molar-refractivity contribution >= 4 is 95.4 Å². The Hall–Kier alpha value is -8.38. The Morgan fingerprint density at radius 2 is 1.61 bits per heavy atom. The smallest absolute Gasteiger partial charge is 0.293 e. The number of thiazole rings is 1. The maximum Gasteiger partial charge on any atom is 0.293 e. The van der Waals surface area contributed by atoms with E-state index in [-0.39, 0.29) is 52.6 Å². The molecule has 4 aromatic carbocycles. The number of likely N-dealkylation sites (tertiary alicyclic amines) is 1. The number of sulfonamides is 1. The number of nitro groups is 1. The molecule has 8 aromatic rings. The van der Waals surface area contributed by atoms with Crippen molar-refractivity contribution in [2.45, 2.75) is 103 Å². The normalized spacial score (nSPS) is 18.3. The van der Waals surface area contributed by atoms with Gasteiger partial charge in [0.25, 0.3) is 27.2 Å². The molecule has 4 aromatic heterocycles. The first kappa shape index (κ1) is 73.4. The number of hydrogen-bond donors (Lipinski definition) is 6. The van der Waals surface area contributed by atoms with Crippen molar-refractivity contribution in [1.29, 1.82) is 0 Å². The zero-order valence-corrected chi connectivity index (χ0v) is 61.4. The number of aromatic nitrogens is 5. The Morgan fingerprint density at radius 3 is 2.31 bits per heavy atom. The van der Waals surface area contributed by atoms with Crippen molar-refractivity contribution in [2.24, 2.45) is 17.9 Å². The number of carbonyl (C=O) groups is 3. The van der Waals surface area contributed by atoms with Gasteiger partial charge in [-0.15, -0.1) is 11.3 Å². The lowest BCUT2D eigenvalue weighted by molar-refractivity contribution is -0.384. The number of allylic oxidation sites excluding steroid dienone is 1. The van der Waals surface area contributed by atoms with Gasteiger partial charge in [0.1, 0.15) is 17.4 Å². The first-order valence-corrected chi connectivity index (χ1v) is 37.8. The molecule has 3 saturated heterocycles. The minimum atomic E-state index is -4.72. The number of piperazine rings is 2. The maximum absolute atomic E-state index is 14.6. The first-order valence-electron chi connectivity index (χ1n) is 35.0. The van der Waals surface area contributed by atoms with Gasteiger partial charge >= 0.3 is 0 Å². The molecule has 0 radical (unpaired) electrons. The van der Waals surface area contributed by atoms with Crippen molar-refractivity contribution in [1.82, 2.24) is 59.3 Å². The summed E-state index contributed by atoms with van der Waals surface area (Å²) in [6.07, 6.45) is 4.81. The van der Waals surface area contributed by atoms with Crippen molar-refractivity contribution in [3.05, 3.63) is 162 Å². The number of aliphatic hydroxyl groups excluding tert-OH is 1. The lowest BCUT2D eigenvalue weighted by Gasteiger charge is -2.39. The third-order valence-electron chi connectivity index (χ3n) is 20.2. The summed E-state index contributed by atoms with van der Waals surface area (Å²) in [5, 5.41) is 34.3. The average Bonchev–Trinajstić information content (AvgIpc) is 1.58.